The van der Waals surface area contributed by atoms with E-state index in [0.29, 0.717) is 16.8 Å². The SMILES string of the molecule is Cc1cc(-c2cc(CO)c(=O)n(CC=Cc3ccccc3)n2)ccc1F. The monoisotopic (exact) mass is 350 g/mol. The van der Waals surface area contributed by atoms with Crippen molar-refractivity contribution in [2.24, 2.45) is 0 Å². The molecule has 3 rings (SSSR count). The topological polar surface area (TPSA) is 55.1 Å². The summed E-state index contributed by atoms with van der Waals surface area (Å²) in [6.07, 6.45) is 3.74. The zero-order valence-electron chi connectivity index (χ0n) is 14.4. The highest BCUT2D eigenvalue weighted by molar-refractivity contribution is 5.60. The predicted octanol–water partition coefficient (Wildman–Crippen LogP) is 3.56. The molecule has 0 spiro atoms. The van der Waals surface area contributed by atoms with Crippen molar-refractivity contribution < 1.29 is 9.50 Å². The van der Waals surface area contributed by atoms with Gasteiger partial charge < -0.3 is 5.11 Å². The number of aliphatic hydroxyl groups excluding tert-OH is 1. The van der Waals surface area contributed by atoms with E-state index in [1.54, 1.807) is 25.1 Å². The van der Waals surface area contributed by atoms with Crippen LogP contribution in [0.25, 0.3) is 17.3 Å². The molecular formula is C21H19FN2O2. The summed E-state index contributed by atoms with van der Waals surface area (Å²) >= 11 is 0. The van der Waals surface area contributed by atoms with Gasteiger partial charge in [-0.25, -0.2) is 9.07 Å². The van der Waals surface area contributed by atoms with Gasteiger partial charge in [0, 0.05) is 11.1 Å². The van der Waals surface area contributed by atoms with Crippen LogP contribution in [0.4, 0.5) is 4.39 Å². The van der Waals surface area contributed by atoms with Crippen molar-refractivity contribution >= 4 is 6.08 Å². The molecule has 0 bridgehead atoms. The van der Waals surface area contributed by atoms with Crippen LogP contribution in [-0.4, -0.2) is 14.9 Å². The molecule has 0 unspecified atom stereocenters. The minimum absolute atomic E-state index is 0.255. The van der Waals surface area contributed by atoms with Gasteiger partial charge in [-0.05, 0) is 42.3 Å². The van der Waals surface area contributed by atoms with E-state index >= 15 is 0 Å². The molecule has 0 radical (unpaired) electrons. The zero-order valence-corrected chi connectivity index (χ0v) is 14.4. The normalized spacial score (nSPS) is 11.2. The second-order valence-corrected chi connectivity index (χ2v) is 5.98. The summed E-state index contributed by atoms with van der Waals surface area (Å²) in [7, 11) is 0. The number of aromatic nitrogens is 2. The van der Waals surface area contributed by atoms with Gasteiger partial charge in [-0.2, -0.15) is 5.10 Å². The maximum atomic E-state index is 13.5. The van der Waals surface area contributed by atoms with Gasteiger partial charge in [0.2, 0.25) is 0 Å². The molecule has 0 aliphatic heterocycles. The number of aryl methyl sites for hydroxylation is 1. The molecule has 26 heavy (non-hydrogen) atoms. The first-order valence-corrected chi connectivity index (χ1v) is 8.28. The molecule has 1 heterocycles. The van der Waals surface area contributed by atoms with Crippen molar-refractivity contribution in [2.45, 2.75) is 20.1 Å². The van der Waals surface area contributed by atoms with E-state index in [1.165, 1.54) is 10.7 Å². The van der Waals surface area contributed by atoms with Crippen LogP contribution in [-0.2, 0) is 13.2 Å². The zero-order chi connectivity index (χ0) is 18.5. The van der Waals surface area contributed by atoms with Crippen molar-refractivity contribution in [3.63, 3.8) is 0 Å². The number of rotatable bonds is 5. The molecule has 0 aliphatic carbocycles. The van der Waals surface area contributed by atoms with E-state index in [4.69, 9.17) is 0 Å². The van der Waals surface area contributed by atoms with Gasteiger partial charge in [0.25, 0.3) is 5.56 Å². The van der Waals surface area contributed by atoms with Crippen LogP contribution in [0.5, 0.6) is 0 Å². The molecule has 5 heteroatoms. The summed E-state index contributed by atoms with van der Waals surface area (Å²) in [5.41, 5.74) is 2.65. The van der Waals surface area contributed by atoms with Crippen molar-refractivity contribution in [1.29, 1.82) is 0 Å². The second kappa shape index (κ2) is 7.89. The van der Waals surface area contributed by atoms with Crippen LogP contribution in [0.2, 0.25) is 0 Å². The summed E-state index contributed by atoms with van der Waals surface area (Å²) in [5.74, 6) is -0.296. The van der Waals surface area contributed by atoms with E-state index < -0.39 is 0 Å². The molecule has 0 fully saturated rings. The molecule has 0 atom stereocenters. The van der Waals surface area contributed by atoms with E-state index in [0.717, 1.165) is 5.56 Å². The summed E-state index contributed by atoms with van der Waals surface area (Å²) in [5, 5.41) is 13.9. The van der Waals surface area contributed by atoms with Gasteiger partial charge in [0.15, 0.2) is 0 Å². The lowest BCUT2D eigenvalue weighted by atomic mass is 10.1. The molecule has 132 valence electrons. The van der Waals surface area contributed by atoms with Gasteiger partial charge in [-0.15, -0.1) is 0 Å². The van der Waals surface area contributed by atoms with E-state index in [2.05, 4.69) is 5.10 Å². The summed E-state index contributed by atoms with van der Waals surface area (Å²) in [6, 6.07) is 15.9. The molecule has 0 aliphatic rings. The molecule has 1 N–H and O–H groups in total. The van der Waals surface area contributed by atoms with Crippen molar-refractivity contribution in [3.05, 3.63) is 93.5 Å². The molecule has 0 amide bonds. The van der Waals surface area contributed by atoms with Crippen molar-refractivity contribution in [2.75, 3.05) is 0 Å². The molecule has 1 aromatic heterocycles. The minimum Gasteiger partial charge on any atom is -0.391 e. The molecule has 3 aromatic rings. The third-order valence-electron chi connectivity index (χ3n) is 4.06. The minimum atomic E-state index is -0.378. The van der Waals surface area contributed by atoms with Crippen LogP contribution in [0.1, 0.15) is 16.7 Å². The number of aliphatic hydroxyl groups is 1. The lowest BCUT2D eigenvalue weighted by molar-refractivity contribution is 0.278. The van der Waals surface area contributed by atoms with Crippen LogP contribution in [0.3, 0.4) is 0 Å². The standard InChI is InChI=1S/C21H19FN2O2/c1-15-12-17(9-10-19(15)22)20-13-18(14-25)21(26)24(23-20)11-5-8-16-6-3-2-4-7-16/h2-10,12-13,25H,11,14H2,1H3. The maximum Gasteiger partial charge on any atom is 0.272 e. The fraction of sp³-hybridized carbons (Fsp3) is 0.143. The highest BCUT2D eigenvalue weighted by atomic mass is 19.1. The fourth-order valence-corrected chi connectivity index (χ4v) is 2.63. The Balaban J connectivity index is 1.95. The number of hydrogen-bond acceptors (Lipinski definition) is 3. The summed E-state index contributed by atoms with van der Waals surface area (Å²) < 4.78 is 14.8. The third-order valence-corrected chi connectivity index (χ3v) is 4.06. The summed E-state index contributed by atoms with van der Waals surface area (Å²) in [4.78, 5) is 12.4. The van der Waals surface area contributed by atoms with Gasteiger partial charge in [-0.3, -0.25) is 4.79 Å². The van der Waals surface area contributed by atoms with Crippen LogP contribution in [0, 0.1) is 12.7 Å². The number of halogens is 1. The van der Waals surface area contributed by atoms with E-state index in [-0.39, 0.29) is 30.1 Å². The highest BCUT2D eigenvalue weighted by Gasteiger charge is 2.10. The van der Waals surface area contributed by atoms with Gasteiger partial charge in [0.05, 0.1) is 18.8 Å². The smallest absolute Gasteiger partial charge is 0.272 e. The van der Waals surface area contributed by atoms with Crippen LogP contribution >= 0.6 is 0 Å². The number of benzene rings is 2. The Hall–Kier alpha value is -3.05. The largest absolute Gasteiger partial charge is 0.391 e. The fourth-order valence-electron chi connectivity index (χ4n) is 2.63. The highest BCUT2D eigenvalue weighted by Crippen LogP contribution is 2.20. The summed E-state index contributed by atoms with van der Waals surface area (Å²) in [6.45, 7) is 1.57. The second-order valence-electron chi connectivity index (χ2n) is 5.98. The lowest BCUT2D eigenvalue weighted by Gasteiger charge is -2.09. The Bertz CT molecular complexity index is 995. The first-order chi connectivity index (χ1) is 12.6. The lowest BCUT2D eigenvalue weighted by Crippen LogP contribution is -2.26. The van der Waals surface area contributed by atoms with Gasteiger partial charge in [0.1, 0.15) is 5.82 Å². The first-order valence-electron chi connectivity index (χ1n) is 8.28. The number of nitrogens with zero attached hydrogens (tertiary/aromatic N) is 2. The molecule has 0 saturated carbocycles. The third kappa shape index (κ3) is 3.95. The number of allylic oxidation sites excluding steroid dienone is 1. The Labute approximate surface area is 150 Å². The van der Waals surface area contributed by atoms with Gasteiger partial charge >= 0.3 is 0 Å². The Morgan fingerprint density at radius 1 is 1.15 bits per heavy atom. The average molecular weight is 350 g/mol. The molecule has 4 nitrogen and oxygen atoms in total. The van der Waals surface area contributed by atoms with Crippen molar-refractivity contribution in [3.8, 4) is 11.3 Å². The molecule has 2 aromatic carbocycles. The number of hydrogen-bond donors (Lipinski definition) is 1. The van der Waals surface area contributed by atoms with E-state index in [9.17, 15) is 14.3 Å². The van der Waals surface area contributed by atoms with Crippen molar-refractivity contribution in [1.82, 2.24) is 9.78 Å². The Morgan fingerprint density at radius 3 is 2.62 bits per heavy atom. The maximum absolute atomic E-state index is 13.5. The predicted molar refractivity (Wildman–Crippen MR) is 100 cm³/mol. The van der Waals surface area contributed by atoms with E-state index in [1.807, 2.05) is 42.5 Å². The Morgan fingerprint density at radius 2 is 1.92 bits per heavy atom. The molecular weight excluding hydrogens is 331 g/mol. The van der Waals surface area contributed by atoms with Crippen LogP contribution in [0.15, 0.2) is 65.5 Å². The average Bonchev–Trinajstić information content (AvgIpc) is 2.66. The molecule has 0 saturated heterocycles. The van der Waals surface area contributed by atoms with Gasteiger partial charge in [-0.1, -0.05) is 42.5 Å². The first kappa shape index (κ1) is 17.8. The Kier molecular flexibility index (Phi) is 5.39. The van der Waals surface area contributed by atoms with Crippen LogP contribution < -0.4 is 5.56 Å². The quantitative estimate of drug-likeness (QED) is 0.765.